The summed E-state index contributed by atoms with van der Waals surface area (Å²) in [5.74, 6) is 1.22. The maximum absolute atomic E-state index is 10.0. The van der Waals surface area contributed by atoms with Crippen LogP contribution in [0.2, 0.25) is 0 Å². The number of allylic oxidation sites excluding steroid dienone is 5. The molecule has 114 valence electrons. The molecule has 1 nitrogen and oxygen atoms in total. The van der Waals surface area contributed by atoms with E-state index in [-0.39, 0.29) is 6.10 Å². The van der Waals surface area contributed by atoms with E-state index in [0.717, 1.165) is 25.7 Å². The normalized spacial score (nSPS) is 33.7. The molecule has 0 bridgehead atoms. The molecule has 0 radical (unpaired) electrons. The summed E-state index contributed by atoms with van der Waals surface area (Å²) in [5.41, 5.74) is 2.96. The van der Waals surface area contributed by atoms with E-state index in [4.69, 9.17) is 0 Å². The summed E-state index contributed by atoms with van der Waals surface area (Å²) in [4.78, 5) is 0. The molecule has 1 heteroatoms. The molecule has 0 aromatic rings. The average Bonchev–Trinajstić information content (AvgIpc) is 2.37. The van der Waals surface area contributed by atoms with E-state index in [9.17, 15) is 5.11 Å². The number of aliphatic hydroxyl groups excluding tert-OH is 1. The van der Waals surface area contributed by atoms with Gasteiger partial charge in [0.25, 0.3) is 0 Å². The molecule has 0 fully saturated rings. The molecule has 0 spiro atoms. The highest BCUT2D eigenvalue weighted by Crippen LogP contribution is 2.23. The van der Waals surface area contributed by atoms with Crippen LogP contribution in [0.4, 0.5) is 0 Å². The quantitative estimate of drug-likeness (QED) is 0.634. The molecule has 1 rings (SSSR count). The Morgan fingerprint density at radius 1 is 0.950 bits per heavy atom. The second kappa shape index (κ2) is 9.18. The monoisotopic (exact) mass is 276 g/mol. The maximum Gasteiger partial charge on any atom is 0.0724 e. The Bertz CT molecular complexity index is 360. The molecular weight excluding hydrogens is 244 g/mol. The van der Waals surface area contributed by atoms with E-state index in [1.165, 1.54) is 24.0 Å². The minimum absolute atomic E-state index is 0.292. The van der Waals surface area contributed by atoms with Crippen molar-refractivity contribution in [3.05, 3.63) is 35.5 Å². The summed E-state index contributed by atoms with van der Waals surface area (Å²) < 4.78 is 0. The molecule has 0 aliphatic heterocycles. The first-order valence-electron chi connectivity index (χ1n) is 8.16. The Hall–Kier alpha value is -0.820. The smallest absolute Gasteiger partial charge is 0.0724 e. The largest absolute Gasteiger partial charge is 0.389 e. The molecule has 1 N–H and O–H groups in total. The summed E-state index contributed by atoms with van der Waals surface area (Å²) in [7, 11) is 0. The van der Waals surface area contributed by atoms with Gasteiger partial charge < -0.3 is 5.11 Å². The van der Waals surface area contributed by atoms with Crippen LogP contribution < -0.4 is 0 Å². The highest BCUT2D eigenvalue weighted by atomic mass is 16.3. The Morgan fingerprint density at radius 3 is 2.30 bits per heavy atom. The van der Waals surface area contributed by atoms with Crippen molar-refractivity contribution in [3.8, 4) is 0 Å². The molecule has 0 saturated heterocycles. The van der Waals surface area contributed by atoms with Crippen molar-refractivity contribution in [1.82, 2.24) is 0 Å². The zero-order chi connectivity index (χ0) is 15.0. The van der Waals surface area contributed by atoms with Crippen LogP contribution in [0.15, 0.2) is 35.5 Å². The van der Waals surface area contributed by atoms with Crippen LogP contribution in [-0.4, -0.2) is 11.2 Å². The molecule has 0 amide bonds. The van der Waals surface area contributed by atoms with Gasteiger partial charge in [-0.3, -0.25) is 0 Å². The second-order valence-corrected chi connectivity index (χ2v) is 6.62. The lowest BCUT2D eigenvalue weighted by Crippen LogP contribution is -2.08. The molecular formula is C19H32O. The third-order valence-corrected chi connectivity index (χ3v) is 4.30. The van der Waals surface area contributed by atoms with Crippen LogP contribution in [0.1, 0.15) is 66.2 Å². The number of aliphatic hydroxyl groups is 1. The topological polar surface area (TPSA) is 20.2 Å². The summed E-state index contributed by atoms with van der Waals surface area (Å²) >= 11 is 0. The highest BCUT2D eigenvalue weighted by Gasteiger charge is 2.11. The van der Waals surface area contributed by atoms with Crippen LogP contribution in [0, 0.1) is 11.8 Å². The fraction of sp³-hybridized carbons (Fsp3) is 0.684. The van der Waals surface area contributed by atoms with Crippen molar-refractivity contribution in [1.29, 1.82) is 0 Å². The van der Waals surface area contributed by atoms with Crippen LogP contribution in [0.3, 0.4) is 0 Å². The van der Waals surface area contributed by atoms with Crippen molar-refractivity contribution in [3.63, 3.8) is 0 Å². The molecule has 1 unspecified atom stereocenters. The third kappa shape index (κ3) is 7.09. The fourth-order valence-corrected chi connectivity index (χ4v) is 2.66. The first-order chi connectivity index (χ1) is 9.49. The van der Waals surface area contributed by atoms with Crippen molar-refractivity contribution < 1.29 is 5.11 Å². The van der Waals surface area contributed by atoms with Crippen LogP contribution in [-0.2, 0) is 0 Å². The Morgan fingerprint density at radius 2 is 1.60 bits per heavy atom. The average molecular weight is 276 g/mol. The minimum atomic E-state index is -0.292. The molecule has 0 aromatic heterocycles. The lowest BCUT2D eigenvalue weighted by molar-refractivity contribution is 0.212. The van der Waals surface area contributed by atoms with Crippen molar-refractivity contribution in [2.45, 2.75) is 72.3 Å². The van der Waals surface area contributed by atoms with Gasteiger partial charge in [0.15, 0.2) is 0 Å². The first kappa shape index (κ1) is 17.2. The van der Waals surface area contributed by atoms with Crippen LogP contribution >= 0.6 is 0 Å². The van der Waals surface area contributed by atoms with Gasteiger partial charge in [0, 0.05) is 0 Å². The standard InChI is InChI=1S/C19H32O/c1-15(2)18-12-11-17(4)8-5-7-16(3)9-6-10-19(20)14-13-18/h8-9,13-15,18-20H,5-7,10-12H2,1-4H3/b14-13-,16-9+,17-8+/t18?,19-/m1/s1. The van der Waals surface area contributed by atoms with Gasteiger partial charge in [-0.1, -0.05) is 49.3 Å². The van der Waals surface area contributed by atoms with Gasteiger partial charge in [0.2, 0.25) is 0 Å². The lowest BCUT2D eigenvalue weighted by Gasteiger charge is -2.18. The molecule has 0 aromatic carbocycles. The van der Waals surface area contributed by atoms with E-state index in [0.29, 0.717) is 11.8 Å². The minimum Gasteiger partial charge on any atom is -0.389 e. The SMILES string of the molecule is C/C1=C\CC[C@@H](O)/C=C\C(C(C)C)CC/C(C)=C/CC1. The van der Waals surface area contributed by atoms with Gasteiger partial charge in [-0.25, -0.2) is 0 Å². The van der Waals surface area contributed by atoms with E-state index in [1.807, 2.05) is 6.08 Å². The first-order valence-corrected chi connectivity index (χ1v) is 8.16. The number of hydrogen-bond acceptors (Lipinski definition) is 1. The van der Waals surface area contributed by atoms with E-state index in [2.05, 4.69) is 45.9 Å². The maximum atomic E-state index is 10.0. The van der Waals surface area contributed by atoms with Crippen molar-refractivity contribution in [2.75, 3.05) is 0 Å². The fourth-order valence-electron chi connectivity index (χ4n) is 2.66. The molecule has 2 atom stereocenters. The Kier molecular flexibility index (Phi) is 7.91. The predicted octanol–water partition coefficient (Wildman–Crippen LogP) is 5.42. The zero-order valence-corrected chi connectivity index (χ0v) is 13.7. The number of hydrogen-bond donors (Lipinski definition) is 1. The molecule has 1 aliphatic rings. The summed E-state index contributed by atoms with van der Waals surface area (Å²) in [5, 5.41) is 10.0. The number of rotatable bonds is 1. The van der Waals surface area contributed by atoms with Gasteiger partial charge in [-0.2, -0.15) is 0 Å². The van der Waals surface area contributed by atoms with Gasteiger partial charge >= 0.3 is 0 Å². The van der Waals surface area contributed by atoms with Crippen LogP contribution in [0.5, 0.6) is 0 Å². The van der Waals surface area contributed by atoms with Crippen LogP contribution in [0.25, 0.3) is 0 Å². The molecule has 20 heavy (non-hydrogen) atoms. The van der Waals surface area contributed by atoms with Gasteiger partial charge in [0.1, 0.15) is 0 Å². The lowest BCUT2D eigenvalue weighted by atomic mass is 9.88. The van der Waals surface area contributed by atoms with Gasteiger partial charge in [-0.15, -0.1) is 0 Å². The summed E-state index contributed by atoms with van der Waals surface area (Å²) in [6, 6.07) is 0. The third-order valence-electron chi connectivity index (χ3n) is 4.30. The highest BCUT2D eigenvalue weighted by molar-refractivity contribution is 5.06. The zero-order valence-electron chi connectivity index (χ0n) is 13.7. The Balaban J connectivity index is 2.75. The van der Waals surface area contributed by atoms with Gasteiger partial charge in [-0.05, 0) is 64.2 Å². The summed E-state index contributed by atoms with van der Waals surface area (Å²) in [6.07, 6.45) is 15.1. The van der Waals surface area contributed by atoms with Crippen molar-refractivity contribution >= 4 is 0 Å². The Labute approximate surface area is 125 Å². The van der Waals surface area contributed by atoms with Crippen molar-refractivity contribution in [2.24, 2.45) is 11.8 Å². The molecule has 0 saturated carbocycles. The predicted molar refractivity (Wildman–Crippen MR) is 88.7 cm³/mol. The van der Waals surface area contributed by atoms with E-state index >= 15 is 0 Å². The molecule has 0 heterocycles. The van der Waals surface area contributed by atoms with E-state index < -0.39 is 0 Å². The second-order valence-electron chi connectivity index (χ2n) is 6.62. The molecule has 1 aliphatic carbocycles. The van der Waals surface area contributed by atoms with E-state index in [1.54, 1.807) is 0 Å². The van der Waals surface area contributed by atoms with Gasteiger partial charge in [0.05, 0.1) is 6.10 Å². The summed E-state index contributed by atoms with van der Waals surface area (Å²) in [6.45, 7) is 9.00.